The van der Waals surface area contributed by atoms with Crippen LogP contribution in [-0.2, 0) is 13.2 Å². The first-order valence-corrected chi connectivity index (χ1v) is 12.9. The summed E-state index contributed by atoms with van der Waals surface area (Å²) in [5.74, 6) is -4.47. The number of carbonyl (C=O) groups is 2. The molecule has 3 aliphatic rings. The summed E-state index contributed by atoms with van der Waals surface area (Å²) < 4.78 is 49.6. The fourth-order valence-corrected chi connectivity index (χ4v) is 6.31. The quantitative estimate of drug-likeness (QED) is 0.507. The number of nitrogens with one attached hydrogen (secondary N) is 1. The van der Waals surface area contributed by atoms with Crippen LogP contribution in [0.15, 0.2) is 53.5 Å². The highest BCUT2D eigenvalue weighted by Crippen LogP contribution is 2.46. The van der Waals surface area contributed by atoms with E-state index in [1.165, 1.54) is 13.1 Å². The largest absolute Gasteiger partial charge is 0.483 e. The Morgan fingerprint density at radius 1 is 1.10 bits per heavy atom. The third-order valence-corrected chi connectivity index (χ3v) is 8.09. The maximum absolute atomic E-state index is 14.3. The first-order valence-electron chi connectivity index (χ1n) is 12.9. The molecule has 1 aliphatic carbocycles. The molecular weight excluding hydrogens is 511 g/mol. The van der Waals surface area contributed by atoms with Gasteiger partial charge in [-0.15, -0.1) is 0 Å². The van der Waals surface area contributed by atoms with Gasteiger partial charge < -0.3 is 19.5 Å². The van der Waals surface area contributed by atoms with Gasteiger partial charge in [-0.25, -0.2) is 13.2 Å². The van der Waals surface area contributed by atoms with Crippen LogP contribution in [0.3, 0.4) is 0 Å². The van der Waals surface area contributed by atoms with Gasteiger partial charge in [0.2, 0.25) is 5.43 Å². The molecule has 7 nitrogen and oxygen atoms in total. The molecule has 1 saturated carbocycles. The van der Waals surface area contributed by atoms with Crippen LogP contribution in [0.25, 0.3) is 0 Å². The Morgan fingerprint density at radius 3 is 2.54 bits per heavy atom. The van der Waals surface area contributed by atoms with Gasteiger partial charge in [-0.2, -0.15) is 0 Å². The van der Waals surface area contributed by atoms with Gasteiger partial charge in [0.05, 0.1) is 12.1 Å². The first kappa shape index (κ1) is 25.2. The van der Waals surface area contributed by atoms with E-state index in [4.69, 9.17) is 4.74 Å². The van der Waals surface area contributed by atoms with Crippen molar-refractivity contribution in [3.63, 3.8) is 0 Å². The monoisotopic (exact) mass is 537 g/mol. The SMILES string of the molecule is C[C@@H](NC(=O)c1cn2c(c(OCc3ccccc3)c1=O)C(=O)N1[C@H]3CC[C@H](C3)[C@@H]1C2)c1c(F)cc(F)cc1F. The van der Waals surface area contributed by atoms with E-state index in [0.717, 1.165) is 24.8 Å². The summed E-state index contributed by atoms with van der Waals surface area (Å²) in [6.45, 7) is 1.73. The second kappa shape index (κ2) is 9.59. The lowest BCUT2D eigenvalue weighted by Crippen LogP contribution is -2.52. The zero-order valence-corrected chi connectivity index (χ0v) is 21.1. The highest BCUT2D eigenvalue weighted by Gasteiger charge is 2.51. The number of rotatable bonds is 6. The molecule has 10 heteroatoms. The van der Waals surface area contributed by atoms with Crippen molar-refractivity contribution in [1.29, 1.82) is 0 Å². The van der Waals surface area contributed by atoms with Crippen molar-refractivity contribution in [3.05, 3.63) is 98.7 Å². The molecule has 6 rings (SSSR count). The van der Waals surface area contributed by atoms with E-state index in [9.17, 15) is 27.6 Å². The molecule has 0 radical (unpaired) electrons. The first-order chi connectivity index (χ1) is 18.7. The molecule has 202 valence electrons. The maximum Gasteiger partial charge on any atom is 0.275 e. The summed E-state index contributed by atoms with van der Waals surface area (Å²) in [5.41, 5.74) is -0.780. The number of hydrogen-bond acceptors (Lipinski definition) is 4. The number of carbonyl (C=O) groups excluding carboxylic acids is 2. The molecule has 0 spiro atoms. The maximum atomic E-state index is 14.3. The van der Waals surface area contributed by atoms with Crippen LogP contribution in [0.1, 0.15) is 64.2 Å². The number of ether oxygens (including phenoxy) is 1. The molecule has 4 atom stereocenters. The molecule has 1 aromatic heterocycles. The average molecular weight is 538 g/mol. The summed E-state index contributed by atoms with van der Waals surface area (Å²) in [6.07, 6.45) is 4.18. The van der Waals surface area contributed by atoms with Crippen LogP contribution in [0.2, 0.25) is 0 Å². The third-order valence-electron chi connectivity index (χ3n) is 8.09. The molecule has 1 N–H and O–H groups in total. The number of piperidine rings is 1. The highest BCUT2D eigenvalue weighted by molar-refractivity contribution is 5.99. The number of pyridine rings is 1. The van der Waals surface area contributed by atoms with Crippen molar-refractivity contribution in [2.45, 2.75) is 57.5 Å². The average Bonchev–Trinajstić information content (AvgIpc) is 3.50. The molecule has 2 fully saturated rings. The predicted molar refractivity (Wildman–Crippen MR) is 135 cm³/mol. The molecule has 2 aromatic carbocycles. The van der Waals surface area contributed by atoms with Crippen molar-refractivity contribution >= 4 is 11.8 Å². The van der Waals surface area contributed by atoms with Crippen LogP contribution in [-0.4, -0.2) is 33.4 Å². The molecule has 2 amide bonds. The van der Waals surface area contributed by atoms with E-state index in [2.05, 4.69) is 5.32 Å². The van der Waals surface area contributed by atoms with Gasteiger partial charge in [-0.1, -0.05) is 30.3 Å². The number of nitrogens with zero attached hydrogens (tertiary/aromatic N) is 2. The summed E-state index contributed by atoms with van der Waals surface area (Å²) in [7, 11) is 0. The third kappa shape index (κ3) is 4.27. The van der Waals surface area contributed by atoms with E-state index >= 15 is 0 Å². The van der Waals surface area contributed by atoms with Crippen molar-refractivity contribution in [3.8, 4) is 5.75 Å². The fourth-order valence-electron chi connectivity index (χ4n) is 6.31. The fraction of sp³-hybridized carbons (Fsp3) is 0.345. The molecule has 3 heterocycles. The molecule has 2 aliphatic heterocycles. The highest BCUT2D eigenvalue weighted by atomic mass is 19.1. The zero-order valence-electron chi connectivity index (χ0n) is 21.1. The predicted octanol–water partition coefficient (Wildman–Crippen LogP) is 4.34. The van der Waals surface area contributed by atoms with E-state index in [1.807, 2.05) is 35.2 Å². The van der Waals surface area contributed by atoms with Crippen molar-refractivity contribution in [2.75, 3.05) is 0 Å². The topological polar surface area (TPSA) is 80.6 Å². The van der Waals surface area contributed by atoms with Crippen molar-refractivity contribution in [1.82, 2.24) is 14.8 Å². The minimum atomic E-state index is -1.21. The van der Waals surface area contributed by atoms with Gasteiger partial charge in [0.25, 0.3) is 11.8 Å². The molecule has 1 saturated heterocycles. The smallest absolute Gasteiger partial charge is 0.275 e. The molecule has 0 unspecified atom stereocenters. The van der Waals surface area contributed by atoms with Crippen LogP contribution in [0.5, 0.6) is 5.75 Å². The molecular formula is C29H26F3N3O4. The summed E-state index contributed by atoms with van der Waals surface area (Å²) in [4.78, 5) is 42.5. The Labute approximate surface area is 222 Å². The molecule has 3 aromatic rings. The normalized spacial score (nSPS) is 21.9. The minimum Gasteiger partial charge on any atom is -0.483 e. The van der Waals surface area contributed by atoms with E-state index < -0.39 is 40.4 Å². The van der Waals surface area contributed by atoms with Gasteiger partial charge in [-0.3, -0.25) is 14.4 Å². The number of hydrogen-bond donors (Lipinski definition) is 1. The number of halogens is 3. The number of benzene rings is 2. The van der Waals surface area contributed by atoms with Crippen LogP contribution >= 0.6 is 0 Å². The lowest BCUT2D eigenvalue weighted by Gasteiger charge is -2.40. The Balaban J connectivity index is 1.38. The van der Waals surface area contributed by atoms with Crippen LogP contribution in [0.4, 0.5) is 13.2 Å². The standard InChI is InChI=1S/C29H26F3N3O4/c1-15(24-21(31)10-18(30)11-22(24)32)33-28(37)20-12-34-13-23-17-7-8-19(9-17)35(23)29(38)25(34)27(26(20)36)39-14-16-5-3-2-4-6-16/h2-6,10-12,15,17,19,23H,7-9,13-14H2,1H3,(H,33,37)/t15-,17-,19+,23+/m1/s1. The van der Waals surface area contributed by atoms with Gasteiger partial charge in [0.15, 0.2) is 11.4 Å². The Bertz CT molecular complexity index is 1520. The van der Waals surface area contributed by atoms with Crippen molar-refractivity contribution in [2.24, 2.45) is 5.92 Å². The minimum absolute atomic E-state index is 0.000675. The molecule has 2 bridgehead atoms. The summed E-state index contributed by atoms with van der Waals surface area (Å²) in [5, 5.41) is 2.44. The molecule has 39 heavy (non-hydrogen) atoms. The summed E-state index contributed by atoms with van der Waals surface area (Å²) in [6, 6.07) is 9.02. The Morgan fingerprint density at radius 2 is 1.82 bits per heavy atom. The van der Waals surface area contributed by atoms with Crippen molar-refractivity contribution < 1.29 is 27.5 Å². The van der Waals surface area contributed by atoms with Gasteiger partial charge >= 0.3 is 0 Å². The van der Waals surface area contributed by atoms with Gasteiger partial charge in [0, 0.05) is 36.5 Å². The second-order valence-electron chi connectivity index (χ2n) is 10.5. The number of aromatic nitrogens is 1. The van der Waals surface area contributed by atoms with Crippen LogP contribution < -0.4 is 15.5 Å². The number of amides is 2. The van der Waals surface area contributed by atoms with Gasteiger partial charge in [-0.05, 0) is 37.7 Å². The van der Waals surface area contributed by atoms with E-state index in [-0.39, 0.29) is 41.6 Å². The number of fused-ring (bicyclic) bond motifs is 6. The van der Waals surface area contributed by atoms with E-state index in [0.29, 0.717) is 24.6 Å². The van der Waals surface area contributed by atoms with Gasteiger partial charge in [0.1, 0.15) is 29.6 Å². The Hall–Kier alpha value is -4.08. The summed E-state index contributed by atoms with van der Waals surface area (Å²) >= 11 is 0. The van der Waals surface area contributed by atoms with E-state index in [1.54, 1.807) is 4.57 Å². The zero-order chi connectivity index (χ0) is 27.4. The second-order valence-corrected chi connectivity index (χ2v) is 10.5. The van der Waals surface area contributed by atoms with Crippen LogP contribution in [0, 0.1) is 23.4 Å². The Kier molecular flexibility index (Phi) is 6.20. The lowest BCUT2D eigenvalue weighted by atomic mass is 9.95. The lowest BCUT2D eigenvalue weighted by molar-refractivity contribution is 0.0479.